The quantitative estimate of drug-likeness (QED) is 0.342. The predicted octanol–water partition coefficient (Wildman–Crippen LogP) is 7.39. The zero-order valence-electron chi connectivity index (χ0n) is 27.7. The van der Waals surface area contributed by atoms with Crippen molar-refractivity contribution in [1.82, 2.24) is 5.32 Å². The van der Waals surface area contributed by atoms with Gasteiger partial charge in [-0.15, -0.1) is 0 Å². The molecule has 5 aliphatic rings. The fourth-order valence-corrected chi connectivity index (χ4v) is 11.6. The lowest BCUT2D eigenvalue weighted by molar-refractivity contribution is -0.202. The Morgan fingerprint density at radius 2 is 1.58 bits per heavy atom. The van der Waals surface area contributed by atoms with Crippen LogP contribution < -0.4 is 5.32 Å². The van der Waals surface area contributed by atoms with Gasteiger partial charge in [0, 0.05) is 17.9 Å². The van der Waals surface area contributed by atoms with E-state index in [0.29, 0.717) is 18.2 Å². The van der Waals surface area contributed by atoms with Crippen LogP contribution in [0.1, 0.15) is 112 Å². The topological polar surface area (TPSA) is 86.6 Å². The zero-order chi connectivity index (χ0) is 31.2. The maximum Gasteiger partial charge on any atom is 0.225 e. The van der Waals surface area contributed by atoms with Crippen molar-refractivity contribution < 1.29 is 19.8 Å². The van der Waals surface area contributed by atoms with Gasteiger partial charge in [0.05, 0.1) is 6.10 Å². The van der Waals surface area contributed by atoms with E-state index in [1.54, 1.807) is 12.1 Å². The van der Waals surface area contributed by atoms with E-state index in [4.69, 9.17) is 0 Å². The Morgan fingerprint density at radius 3 is 2.28 bits per heavy atom. The molecule has 5 nitrogen and oxygen atoms in total. The molecule has 0 heterocycles. The van der Waals surface area contributed by atoms with E-state index >= 15 is 0 Å². The van der Waals surface area contributed by atoms with Gasteiger partial charge >= 0.3 is 0 Å². The summed E-state index contributed by atoms with van der Waals surface area (Å²) in [5.74, 6) is 1.23. The molecule has 1 aromatic rings. The predicted molar refractivity (Wildman–Crippen MR) is 170 cm³/mol. The number of aliphatic hydroxyl groups is 1. The van der Waals surface area contributed by atoms with Gasteiger partial charge in [-0.2, -0.15) is 0 Å². The van der Waals surface area contributed by atoms with Gasteiger partial charge in [0.1, 0.15) is 5.75 Å². The first-order chi connectivity index (χ1) is 20.0. The highest BCUT2D eigenvalue weighted by molar-refractivity contribution is 5.95. The summed E-state index contributed by atoms with van der Waals surface area (Å²) in [6, 6.07) is 7.19. The number of fused-ring (bicyclic) bond motifs is 7. The number of carbonyl (C=O) groups is 2. The average Bonchev–Trinajstić information content (AvgIpc) is 2.94. The first-order valence-corrected chi connectivity index (χ1v) is 17.0. The summed E-state index contributed by atoms with van der Waals surface area (Å²) >= 11 is 0. The van der Waals surface area contributed by atoms with E-state index in [9.17, 15) is 19.8 Å². The molecule has 9 atom stereocenters. The van der Waals surface area contributed by atoms with Crippen LogP contribution in [0, 0.1) is 50.2 Å². The summed E-state index contributed by atoms with van der Waals surface area (Å²) < 4.78 is 0. The summed E-state index contributed by atoms with van der Waals surface area (Å²) in [5.41, 5.74) is 1.57. The van der Waals surface area contributed by atoms with Crippen LogP contribution in [0.4, 0.5) is 0 Å². The molecule has 4 saturated carbocycles. The van der Waals surface area contributed by atoms with Gasteiger partial charge in [-0.05, 0) is 127 Å². The number of hydrogen-bond donors (Lipinski definition) is 3. The third kappa shape index (κ3) is 4.41. The molecule has 6 rings (SSSR count). The first-order valence-electron chi connectivity index (χ1n) is 17.0. The Bertz CT molecular complexity index is 1330. The minimum atomic E-state index is -0.466. The molecule has 0 radical (unpaired) electrons. The minimum Gasteiger partial charge on any atom is -0.508 e. The van der Waals surface area contributed by atoms with Crippen molar-refractivity contribution in [2.45, 2.75) is 119 Å². The second-order valence-corrected chi connectivity index (χ2v) is 17.3. The third-order valence-electron chi connectivity index (χ3n) is 14.7. The Hall–Kier alpha value is -2.14. The Balaban J connectivity index is 1.28. The SMILES string of the molecule is CC1(C)[C@@H](O)CC[C@]2(C)[C@H]3C(=O)C=C4[C@@H]5C[C@@](C)(C(=O)NCCc6ccc(O)cc6)CC[C@]5(C)CC[C@@]4(C)[C@]3(C)CC[C@@H]12. The number of ketones is 1. The standard InChI is InChI=1S/C38H55NO4/c1-33(2)29-12-16-38(7)31(36(29,5)15-13-30(33)42)28(41)22-26-27-23-35(4,18-17-34(27,3)19-20-37(26,38)6)32(43)39-21-14-24-8-10-25(40)11-9-24/h8-11,22,27,29-31,40,42H,12-21,23H2,1-7H3,(H,39,43)/t27-,29-,30-,31+,34+,35-,36-,37+,38+/m0/s1. The van der Waals surface area contributed by atoms with Crippen LogP contribution in [-0.4, -0.2) is 34.6 Å². The number of phenols is 1. The normalized spacial score (nSPS) is 45.1. The van der Waals surface area contributed by atoms with Crippen LogP contribution in [0.5, 0.6) is 5.75 Å². The highest BCUT2D eigenvalue weighted by atomic mass is 16.3. The maximum absolute atomic E-state index is 14.5. The highest BCUT2D eigenvalue weighted by Gasteiger charge is 2.70. The van der Waals surface area contributed by atoms with E-state index in [-0.39, 0.29) is 56.7 Å². The van der Waals surface area contributed by atoms with E-state index < -0.39 is 5.41 Å². The molecule has 3 N–H and O–H groups in total. The van der Waals surface area contributed by atoms with Crippen molar-refractivity contribution in [2.24, 2.45) is 50.2 Å². The van der Waals surface area contributed by atoms with Gasteiger partial charge in [-0.25, -0.2) is 0 Å². The summed E-state index contributed by atoms with van der Waals surface area (Å²) in [4.78, 5) is 28.3. The molecule has 0 aliphatic heterocycles. The van der Waals surface area contributed by atoms with Crippen LogP contribution in [0.25, 0.3) is 0 Å². The second kappa shape index (κ2) is 9.93. The van der Waals surface area contributed by atoms with E-state index in [1.165, 1.54) is 5.57 Å². The summed E-state index contributed by atoms with van der Waals surface area (Å²) in [6.07, 6.45) is 11.2. The Labute approximate surface area is 259 Å². The van der Waals surface area contributed by atoms with Crippen molar-refractivity contribution in [3.8, 4) is 5.75 Å². The molecule has 4 fully saturated rings. The van der Waals surface area contributed by atoms with Gasteiger partial charge in [0.25, 0.3) is 0 Å². The van der Waals surface area contributed by atoms with Crippen LogP contribution in [0.2, 0.25) is 0 Å². The molecule has 0 spiro atoms. The molecule has 0 bridgehead atoms. The molecule has 0 unspecified atom stereocenters. The summed E-state index contributed by atoms with van der Waals surface area (Å²) in [5, 5.41) is 23.8. The van der Waals surface area contributed by atoms with Crippen molar-refractivity contribution in [1.29, 1.82) is 0 Å². The van der Waals surface area contributed by atoms with Crippen molar-refractivity contribution in [3.05, 3.63) is 41.5 Å². The molecule has 5 aliphatic carbocycles. The summed E-state index contributed by atoms with van der Waals surface area (Å²) in [7, 11) is 0. The van der Waals surface area contributed by atoms with Gasteiger partial charge < -0.3 is 15.5 Å². The fraction of sp³-hybridized carbons (Fsp3) is 0.737. The van der Waals surface area contributed by atoms with Gasteiger partial charge in [0.2, 0.25) is 5.91 Å². The monoisotopic (exact) mass is 589 g/mol. The molecule has 0 saturated heterocycles. The van der Waals surface area contributed by atoms with Gasteiger partial charge in [-0.1, -0.05) is 66.2 Å². The fourth-order valence-electron chi connectivity index (χ4n) is 11.6. The van der Waals surface area contributed by atoms with E-state index in [2.05, 4.69) is 59.9 Å². The second-order valence-electron chi connectivity index (χ2n) is 17.3. The Morgan fingerprint density at radius 1 is 0.907 bits per heavy atom. The number of hydrogen-bond acceptors (Lipinski definition) is 4. The number of carbonyl (C=O) groups excluding carboxylic acids is 2. The lowest BCUT2D eigenvalue weighted by Crippen LogP contribution is -2.66. The molecule has 1 amide bonds. The largest absolute Gasteiger partial charge is 0.508 e. The molecule has 1 aromatic carbocycles. The zero-order valence-corrected chi connectivity index (χ0v) is 27.7. The summed E-state index contributed by atoms with van der Waals surface area (Å²) in [6.45, 7) is 16.9. The molecular weight excluding hydrogens is 534 g/mol. The van der Waals surface area contributed by atoms with Crippen molar-refractivity contribution in [2.75, 3.05) is 6.54 Å². The number of aliphatic hydroxyl groups excluding tert-OH is 1. The minimum absolute atomic E-state index is 0.0261. The number of allylic oxidation sites excluding steroid dienone is 2. The van der Waals surface area contributed by atoms with Crippen molar-refractivity contribution >= 4 is 11.7 Å². The van der Waals surface area contributed by atoms with Crippen LogP contribution in [0.3, 0.4) is 0 Å². The highest BCUT2D eigenvalue weighted by Crippen LogP contribution is 2.75. The number of nitrogens with one attached hydrogen (secondary N) is 1. The van der Waals surface area contributed by atoms with Gasteiger partial charge in [-0.3, -0.25) is 9.59 Å². The molecule has 5 heteroatoms. The smallest absolute Gasteiger partial charge is 0.225 e. The number of amides is 1. The van der Waals surface area contributed by atoms with E-state index in [0.717, 1.165) is 69.8 Å². The van der Waals surface area contributed by atoms with Crippen LogP contribution in [0.15, 0.2) is 35.9 Å². The average molecular weight is 590 g/mol. The molecule has 0 aromatic heterocycles. The molecule has 43 heavy (non-hydrogen) atoms. The Kier molecular flexibility index (Phi) is 7.13. The lowest BCUT2D eigenvalue weighted by atomic mass is 9.33. The number of benzene rings is 1. The van der Waals surface area contributed by atoms with E-state index in [1.807, 2.05) is 12.1 Å². The van der Waals surface area contributed by atoms with Crippen LogP contribution in [-0.2, 0) is 16.0 Å². The number of aromatic hydroxyl groups is 1. The van der Waals surface area contributed by atoms with Crippen LogP contribution >= 0.6 is 0 Å². The maximum atomic E-state index is 14.5. The van der Waals surface area contributed by atoms with Gasteiger partial charge in [0.15, 0.2) is 5.78 Å². The third-order valence-corrected chi connectivity index (χ3v) is 14.7. The van der Waals surface area contributed by atoms with Crippen molar-refractivity contribution in [3.63, 3.8) is 0 Å². The molecular formula is C38H55NO4. The first kappa shape index (κ1) is 30.9. The number of phenolic OH excluding ortho intramolecular Hbond substituents is 1. The lowest BCUT2D eigenvalue weighted by Gasteiger charge is -2.70. The number of rotatable bonds is 4. The molecule has 236 valence electrons.